The summed E-state index contributed by atoms with van der Waals surface area (Å²) in [6.45, 7) is 9.06. The highest BCUT2D eigenvalue weighted by Gasteiger charge is 2.21. The van der Waals surface area contributed by atoms with Crippen LogP contribution in [0.2, 0.25) is 0 Å². The molecule has 1 heteroatoms. The van der Waals surface area contributed by atoms with Crippen molar-refractivity contribution >= 4 is 43.4 Å². The molecule has 56 heavy (non-hydrogen) atoms. The number of hydrogen-bond donors (Lipinski definition) is 0. The molecule has 0 spiro atoms. The molecule has 0 saturated carbocycles. The molecule has 1 aromatic heterocycles. The zero-order chi connectivity index (χ0) is 38.0. The second kappa shape index (κ2) is 13.3. The SMILES string of the molecule is Cc1ccc2c(c1)c1cc(-c3ccc(-c4c5ccccc5c(-c5ccc(-c6ccc(-c7ccccc7)cc6)cc5)c5ccccc45)cc3)ccc1n2C(C)(C)C. The van der Waals surface area contributed by atoms with Crippen LogP contribution < -0.4 is 0 Å². The van der Waals surface area contributed by atoms with Gasteiger partial charge in [0.1, 0.15) is 0 Å². The third kappa shape index (κ3) is 5.71. The Morgan fingerprint density at radius 2 is 0.643 bits per heavy atom. The van der Waals surface area contributed by atoms with Gasteiger partial charge in [0.2, 0.25) is 0 Å². The van der Waals surface area contributed by atoms with Crippen LogP contribution in [-0.4, -0.2) is 4.57 Å². The van der Waals surface area contributed by atoms with Crippen molar-refractivity contribution in [3.8, 4) is 55.6 Å². The fraction of sp³-hybridized carbons (Fsp3) is 0.0909. The summed E-state index contributed by atoms with van der Waals surface area (Å²) in [5.41, 5.74) is 16.2. The van der Waals surface area contributed by atoms with Crippen LogP contribution in [0, 0.1) is 6.92 Å². The molecule has 0 amide bonds. The van der Waals surface area contributed by atoms with Crippen LogP contribution in [-0.2, 0) is 5.54 Å². The maximum absolute atomic E-state index is 2.49. The molecule has 10 rings (SSSR count). The molecule has 0 aliphatic rings. The first-order chi connectivity index (χ1) is 27.3. The predicted octanol–water partition coefficient (Wildman–Crippen LogP) is 15.5. The van der Waals surface area contributed by atoms with Crippen LogP contribution in [0.25, 0.3) is 99.0 Å². The highest BCUT2D eigenvalue weighted by atomic mass is 15.0. The minimum absolute atomic E-state index is 0.0289. The molecule has 10 aromatic rings. The zero-order valence-electron chi connectivity index (χ0n) is 32.3. The summed E-state index contributed by atoms with van der Waals surface area (Å²) in [6, 6.07) is 69.5. The molecule has 268 valence electrons. The van der Waals surface area contributed by atoms with Gasteiger partial charge in [0.05, 0.1) is 0 Å². The maximum Gasteiger partial charge on any atom is 0.0496 e. The van der Waals surface area contributed by atoms with Gasteiger partial charge in [-0.1, -0.05) is 169 Å². The lowest BCUT2D eigenvalue weighted by molar-refractivity contribution is 0.423. The largest absolute Gasteiger partial charge is 0.335 e. The van der Waals surface area contributed by atoms with Crippen molar-refractivity contribution in [1.29, 1.82) is 0 Å². The van der Waals surface area contributed by atoms with Gasteiger partial charge in [-0.05, 0) is 129 Å². The molecule has 9 aromatic carbocycles. The van der Waals surface area contributed by atoms with Crippen molar-refractivity contribution in [2.75, 3.05) is 0 Å². The molecule has 1 nitrogen and oxygen atoms in total. The van der Waals surface area contributed by atoms with Crippen LogP contribution in [0.3, 0.4) is 0 Å². The summed E-state index contributed by atoms with van der Waals surface area (Å²) in [5.74, 6) is 0. The van der Waals surface area contributed by atoms with Gasteiger partial charge < -0.3 is 4.57 Å². The smallest absolute Gasteiger partial charge is 0.0496 e. The summed E-state index contributed by atoms with van der Waals surface area (Å²) < 4.78 is 2.49. The molecule has 0 bridgehead atoms. The van der Waals surface area contributed by atoms with E-state index in [0.717, 1.165) is 0 Å². The predicted molar refractivity (Wildman–Crippen MR) is 241 cm³/mol. The van der Waals surface area contributed by atoms with E-state index in [0.29, 0.717) is 0 Å². The highest BCUT2D eigenvalue weighted by molar-refractivity contribution is 6.21. The molecule has 0 aliphatic carbocycles. The Hall–Kier alpha value is -6.70. The monoisotopic (exact) mass is 717 g/mol. The fourth-order valence-electron chi connectivity index (χ4n) is 8.93. The van der Waals surface area contributed by atoms with Gasteiger partial charge >= 0.3 is 0 Å². The second-order valence-electron chi connectivity index (χ2n) is 16.2. The van der Waals surface area contributed by atoms with E-state index in [1.807, 2.05) is 0 Å². The first kappa shape index (κ1) is 33.8. The number of hydrogen-bond acceptors (Lipinski definition) is 0. The molecule has 0 saturated heterocycles. The second-order valence-corrected chi connectivity index (χ2v) is 16.2. The number of benzene rings is 9. The van der Waals surface area contributed by atoms with Crippen LogP contribution in [0.1, 0.15) is 26.3 Å². The summed E-state index contributed by atoms with van der Waals surface area (Å²) in [7, 11) is 0. The average Bonchev–Trinajstić information content (AvgIpc) is 3.57. The number of rotatable bonds is 5. The molecule has 0 radical (unpaired) electrons. The fourth-order valence-corrected chi connectivity index (χ4v) is 8.93. The quantitative estimate of drug-likeness (QED) is 0.156. The van der Waals surface area contributed by atoms with Gasteiger partial charge in [-0.2, -0.15) is 0 Å². The Bertz CT molecular complexity index is 3010. The molecular weight excluding hydrogens is 675 g/mol. The lowest BCUT2D eigenvalue weighted by Crippen LogP contribution is -2.21. The third-order valence-corrected chi connectivity index (χ3v) is 11.5. The summed E-state index contributed by atoms with van der Waals surface area (Å²) in [4.78, 5) is 0. The minimum Gasteiger partial charge on any atom is -0.335 e. The Labute approximate surface area is 329 Å². The Morgan fingerprint density at radius 1 is 0.304 bits per heavy atom. The molecule has 0 atom stereocenters. The van der Waals surface area contributed by atoms with E-state index in [1.54, 1.807) is 0 Å². The summed E-state index contributed by atoms with van der Waals surface area (Å²) in [5, 5.41) is 7.69. The van der Waals surface area contributed by atoms with E-state index < -0.39 is 0 Å². The molecule has 0 unspecified atom stereocenters. The Balaban J connectivity index is 1.04. The minimum atomic E-state index is -0.0289. The standard InChI is InChI=1S/C55H43N/c1-36-18-32-51-49(34-36)50-35-44(31-33-52(50)56(51)55(2,3)4)41-25-29-43(30-26-41)54-47-16-10-8-14-45(47)53(46-15-9-11-17-48(46)54)42-27-23-40(24-28-42)39-21-19-38(20-22-39)37-12-6-5-7-13-37/h5-35H,1-4H3. The van der Waals surface area contributed by atoms with E-state index in [2.05, 4.69) is 220 Å². The maximum atomic E-state index is 2.49. The molecule has 0 aliphatic heterocycles. The van der Waals surface area contributed by atoms with E-state index >= 15 is 0 Å². The van der Waals surface area contributed by atoms with E-state index in [1.165, 1.54) is 105 Å². The summed E-state index contributed by atoms with van der Waals surface area (Å²) >= 11 is 0. The molecule has 1 heterocycles. The Morgan fingerprint density at radius 3 is 1.09 bits per heavy atom. The van der Waals surface area contributed by atoms with Gasteiger partial charge in [0.25, 0.3) is 0 Å². The van der Waals surface area contributed by atoms with Crippen LogP contribution >= 0.6 is 0 Å². The molecular formula is C55H43N. The number of aromatic nitrogens is 1. The normalized spacial score (nSPS) is 11.9. The highest BCUT2D eigenvalue weighted by Crippen LogP contribution is 2.45. The van der Waals surface area contributed by atoms with Crippen molar-refractivity contribution in [1.82, 2.24) is 4.57 Å². The van der Waals surface area contributed by atoms with Crippen LogP contribution in [0.4, 0.5) is 0 Å². The topological polar surface area (TPSA) is 4.93 Å². The first-order valence-corrected chi connectivity index (χ1v) is 19.7. The first-order valence-electron chi connectivity index (χ1n) is 19.7. The van der Waals surface area contributed by atoms with E-state index in [-0.39, 0.29) is 5.54 Å². The lowest BCUT2D eigenvalue weighted by Gasteiger charge is -2.24. The number of aryl methyl sites for hydroxylation is 1. The van der Waals surface area contributed by atoms with Gasteiger partial charge in [-0.3, -0.25) is 0 Å². The number of nitrogens with zero attached hydrogens (tertiary/aromatic N) is 1. The van der Waals surface area contributed by atoms with Gasteiger partial charge in [-0.15, -0.1) is 0 Å². The molecule has 0 fully saturated rings. The third-order valence-electron chi connectivity index (χ3n) is 11.5. The zero-order valence-corrected chi connectivity index (χ0v) is 32.3. The molecule has 0 N–H and O–H groups in total. The van der Waals surface area contributed by atoms with Crippen molar-refractivity contribution in [3.63, 3.8) is 0 Å². The van der Waals surface area contributed by atoms with Crippen molar-refractivity contribution in [3.05, 3.63) is 194 Å². The van der Waals surface area contributed by atoms with Gasteiger partial charge in [0, 0.05) is 27.3 Å². The van der Waals surface area contributed by atoms with E-state index in [9.17, 15) is 0 Å². The van der Waals surface area contributed by atoms with Crippen molar-refractivity contribution in [2.45, 2.75) is 33.2 Å². The summed E-state index contributed by atoms with van der Waals surface area (Å²) in [6.07, 6.45) is 0. The van der Waals surface area contributed by atoms with E-state index in [4.69, 9.17) is 0 Å². The van der Waals surface area contributed by atoms with Gasteiger partial charge in [-0.25, -0.2) is 0 Å². The van der Waals surface area contributed by atoms with Gasteiger partial charge in [0.15, 0.2) is 0 Å². The van der Waals surface area contributed by atoms with Crippen LogP contribution in [0.15, 0.2) is 188 Å². The number of fused-ring (bicyclic) bond motifs is 5. The Kier molecular flexibility index (Phi) is 8.01. The van der Waals surface area contributed by atoms with Crippen molar-refractivity contribution in [2.24, 2.45) is 0 Å². The lowest BCUT2D eigenvalue weighted by atomic mass is 9.85. The van der Waals surface area contributed by atoms with Crippen LogP contribution in [0.5, 0.6) is 0 Å². The van der Waals surface area contributed by atoms with Crippen molar-refractivity contribution < 1.29 is 0 Å². The average molecular weight is 718 g/mol.